The van der Waals surface area contributed by atoms with Crippen molar-refractivity contribution in [3.05, 3.63) is 59.4 Å². The normalized spacial score (nSPS) is 11.6. The quantitative estimate of drug-likeness (QED) is 0.637. The molecule has 5 nitrogen and oxygen atoms in total. The van der Waals surface area contributed by atoms with E-state index in [1.807, 2.05) is 63.2 Å². The van der Waals surface area contributed by atoms with Crippen LogP contribution in [0.2, 0.25) is 5.02 Å². The van der Waals surface area contributed by atoms with Crippen molar-refractivity contribution in [1.82, 2.24) is 14.9 Å². The Morgan fingerprint density at radius 2 is 1.86 bits per heavy atom. The molecule has 0 spiro atoms. The fraction of sp³-hybridized carbons (Fsp3) is 0.364. The van der Waals surface area contributed by atoms with E-state index in [2.05, 4.69) is 16.0 Å². The summed E-state index contributed by atoms with van der Waals surface area (Å²) < 4.78 is 8.01. The zero-order chi connectivity index (χ0) is 20.1. The molecule has 2 aromatic carbocycles. The highest BCUT2D eigenvalue weighted by molar-refractivity contribution is 6.30. The summed E-state index contributed by atoms with van der Waals surface area (Å²) in [4.78, 5) is 16.8. The van der Waals surface area contributed by atoms with Gasteiger partial charge in [-0.3, -0.25) is 4.79 Å². The van der Waals surface area contributed by atoms with Crippen LogP contribution in [0.5, 0.6) is 5.75 Å². The average Bonchev–Trinajstić information content (AvgIpc) is 3.00. The Balaban J connectivity index is 1.68. The first kappa shape index (κ1) is 20.2. The number of fused-ring (bicyclic) bond motifs is 1. The molecule has 1 N–H and O–H groups in total. The molecule has 0 aliphatic carbocycles. The molecule has 3 rings (SSSR count). The molecule has 0 unspecified atom stereocenters. The monoisotopic (exact) mass is 399 g/mol. The van der Waals surface area contributed by atoms with Gasteiger partial charge in [-0.2, -0.15) is 0 Å². The molecule has 1 heterocycles. The summed E-state index contributed by atoms with van der Waals surface area (Å²) in [5.41, 5.74) is 1.62. The maximum absolute atomic E-state index is 12.1. The van der Waals surface area contributed by atoms with Crippen LogP contribution < -0.4 is 10.1 Å². The number of aromatic nitrogens is 2. The van der Waals surface area contributed by atoms with E-state index in [1.165, 1.54) is 0 Å². The summed E-state index contributed by atoms with van der Waals surface area (Å²) in [5.74, 6) is 1.77. The van der Waals surface area contributed by atoms with E-state index >= 15 is 0 Å². The molecule has 0 aliphatic heterocycles. The van der Waals surface area contributed by atoms with E-state index in [4.69, 9.17) is 21.3 Å². The summed E-state index contributed by atoms with van der Waals surface area (Å²) in [6.45, 7) is 7.47. The maximum Gasteiger partial charge on any atom is 0.225 e. The number of ether oxygens (including phenoxy) is 1. The number of imidazole rings is 1. The molecule has 0 saturated heterocycles. The van der Waals surface area contributed by atoms with Gasteiger partial charge in [-0.1, -0.05) is 44.5 Å². The lowest BCUT2D eigenvalue weighted by Gasteiger charge is -2.17. The SMILES string of the molecule is CC(C)(C)C(=O)NCCc1nc2ccccc2n1CCOc1ccc(Cl)cc1. The first-order valence-electron chi connectivity index (χ1n) is 9.45. The van der Waals surface area contributed by atoms with Crippen LogP contribution in [0.1, 0.15) is 26.6 Å². The summed E-state index contributed by atoms with van der Waals surface area (Å²) in [5, 5.41) is 3.68. The van der Waals surface area contributed by atoms with Crippen LogP contribution in [0.4, 0.5) is 0 Å². The second-order valence-corrected chi connectivity index (χ2v) is 8.16. The van der Waals surface area contributed by atoms with Crippen LogP contribution in [0.3, 0.4) is 0 Å². The van der Waals surface area contributed by atoms with E-state index in [1.54, 1.807) is 0 Å². The lowest BCUT2D eigenvalue weighted by Crippen LogP contribution is -2.36. The van der Waals surface area contributed by atoms with Gasteiger partial charge in [-0.05, 0) is 36.4 Å². The van der Waals surface area contributed by atoms with Crippen molar-refractivity contribution in [2.45, 2.75) is 33.7 Å². The Kier molecular flexibility index (Phi) is 6.25. The average molecular weight is 400 g/mol. The highest BCUT2D eigenvalue weighted by Crippen LogP contribution is 2.18. The van der Waals surface area contributed by atoms with Gasteiger partial charge in [-0.25, -0.2) is 4.98 Å². The molecule has 3 aromatic rings. The topological polar surface area (TPSA) is 56.2 Å². The minimum absolute atomic E-state index is 0.0428. The maximum atomic E-state index is 12.1. The number of para-hydroxylation sites is 2. The third-order valence-corrected chi connectivity index (χ3v) is 4.70. The van der Waals surface area contributed by atoms with Crippen molar-refractivity contribution >= 4 is 28.5 Å². The molecule has 0 aliphatic rings. The van der Waals surface area contributed by atoms with Gasteiger partial charge in [0.2, 0.25) is 5.91 Å². The van der Waals surface area contributed by atoms with Gasteiger partial charge >= 0.3 is 0 Å². The predicted octanol–water partition coefficient (Wildman–Crippen LogP) is 4.47. The second-order valence-electron chi connectivity index (χ2n) is 7.73. The lowest BCUT2D eigenvalue weighted by molar-refractivity contribution is -0.128. The van der Waals surface area contributed by atoms with Gasteiger partial charge in [-0.15, -0.1) is 0 Å². The number of benzene rings is 2. The van der Waals surface area contributed by atoms with Gasteiger partial charge in [0, 0.05) is 23.4 Å². The molecule has 0 saturated carbocycles. The minimum Gasteiger partial charge on any atom is -0.492 e. The Bertz CT molecular complexity index is 943. The van der Waals surface area contributed by atoms with E-state index in [0.717, 1.165) is 22.6 Å². The Labute approximate surface area is 170 Å². The van der Waals surface area contributed by atoms with Crippen molar-refractivity contribution in [1.29, 1.82) is 0 Å². The van der Waals surface area contributed by atoms with Crippen molar-refractivity contribution < 1.29 is 9.53 Å². The van der Waals surface area contributed by atoms with E-state index < -0.39 is 5.41 Å². The van der Waals surface area contributed by atoms with E-state index in [9.17, 15) is 4.79 Å². The van der Waals surface area contributed by atoms with Crippen LogP contribution in [-0.2, 0) is 17.8 Å². The number of carbonyl (C=O) groups is 1. The van der Waals surface area contributed by atoms with Gasteiger partial charge in [0.1, 0.15) is 18.2 Å². The van der Waals surface area contributed by atoms with Crippen molar-refractivity contribution in [3.8, 4) is 5.75 Å². The third kappa shape index (κ3) is 5.04. The summed E-state index contributed by atoms with van der Waals surface area (Å²) in [6.07, 6.45) is 0.664. The van der Waals surface area contributed by atoms with Crippen LogP contribution in [0.25, 0.3) is 11.0 Å². The lowest BCUT2D eigenvalue weighted by atomic mass is 9.96. The number of halogens is 1. The fourth-order valence-corrected chi connectivity index (χ4v) is 3.03. The molecule has 0 bridgehead atoms. The Morgan fingerprint density at radius 3 is 2.57 bits per heavy atom. The highest BCUT2D eigenvalue weighted by Gasteiger charge is 2.20. The molecule has 6 heteroatoms. The van der Waals surface area contributed by atoms with Crippen molar-refractivity contribution in [3.63, 3.8) is 0 Å². The molecule has 0 atom stereocenters. The smallest absolute Gasteiger partial charge is 0.225 e. The van der Waals surface area contributed by atoms with Gasteiger partial charge in [0.15, 0.2) is 0 Å². The van der Waals surface area contributed by atoms with Crippen LogP contribution >= 0.6 is 11.6 Å². The summed E-state index contributed by atoms with van der Waals surface area (Å²) in [7, 11) is 0. The number of nitrogens with zero attached hydrogens (tertiary/aromatic N) is 2. The number of carbonyl (C=O) groups excluding carboxylic acids is 1. The molecule has 1 amide bonds. The van der Waals surface area contributed by atoms with Crippen LogP contribution in [0.15, 0.2) is 48.5 Å². The number of rotatable bonds is 7. The summed E-state index contributed by atoms with van der Waals surface area (Å²) >= 11 is 5.91. The van der Waals surface area contributed by atoms with Gasteiger partial charge in [0.05, 0.1) is 17.6 Å². The molecule has 0 fully saturated rings. The Morgan fingerprint density at radius 1 is 1.14 bits per heavy atom. The standard InChI is InChI=1S/C22H26ClN3O2/c1-22(2,3)21(27)24-13-12-20-25-18-6-4-5-7-19(18)26(20)14-15-28-17-10-8-16(23)9-11-17/h4-11H,12-15H2,1-3H3,(H,24,27). The van der Waals surface area contributed by atoms with Crippen molar-refractivity contribution in [2.24, 2.45) is 5.41 Å². The minimum atomic E-state index is -0.396. The molecule has 0 radical (unpaired) electrons. The van der Waals surface area contributed by atoms with Gasteiger partial charge < -0.3 is 14.6 Å². The molecule has 28 heavy (non-hydrogen) atoms. The highest BCUT2D eigenvalue weighted by atomic mass is 35.5. The van der Waals surface area contributed by atoms with Crippen LogP contribution in [-0.4, -0.2) is 28.6 Å². The predicted molar refractivity (Wildman–Crippen MR) is 113 cm³/mol. The fourth-order valence-electron chi connectivity index (χ4n) is 2.90. The first-order chi connectivity index (χ1) is 13.3. The zero-order valence-electron chi connectivity index (χ0n) is 16.5. The summed E-state index contributed by atoms with van der Waals surface area (Å²) in [6, 6.07) is 15.4. The number of hydrogen-bond acceptors (Lipinski definition) is 3. The molecular formula is C22H26ClN3O2. The van der Waals surface area contributed by atoms with E-state index in [0.29, 0.717) is 31.1 Å². The van der Waals surface area contributed by atoms with Crippen molar-refractivity contribution in [2.75, 3.05) is 13.2 Å². The molecule has 1 aromatic heterocycles. The third-order valence-electron chi connectivity index (χ3n) is 4.45. The number of hydrogen-bond donors (Lipinski definition) is 1. The second kappa shape index (κ2) is 8.65. The largest absolute Gasteiger partial charge is 0.492 e. The molecule has 148 valence electrons. The number of amides is 1. The first-order valence-corrected chi connectivity index (χ1v) is 9.83. The van der Waals surface area contributed by atoms with Crippen LogP contribution in [0, 0.1) is 5.41 Å². The molecular weight excluding hydrogens is 374 g/mol. The zero-order valence-corrected chi connectivity index (χ0v) is 17.3. The van der Waals surface area contributed by atoms with E-state index in [-0.39, 0.29) is 5.91 Å². The Hall–Kier alpha value is -2.53. The van der Waals surface area contributed by atoms with Gasteiger partial charge in [0.25, 0.3) is 0 Å². The number of nitrogens with one attached hydrogen (secondary N) is 1.